The number of nitrogens with zero attached hydrogens (tertiary/aromatic N) is 5. The van der Waals surface area contributed by atoms with E-state index in [4.69, 9.17) is 9.47 Å². The summed E-state index contributed by atoms with van der Waals surface area (Å²) in [5.74, 6) is -1.22. The quantitative estimate of drug-likeness (QED) is 0.0566. The van der Waals surface area contributed by atoms with Crippen LogP contribution in [0.2, 0.25) is 0 Å². The maximum Gasteiger partial charge on any atom is 0.265 e. The number of anilines is 2. The van der Waals surface area contributed by atoms with Gasteiger partial charge in [-0.2, -0.15) is 9.37 Å². The zero-order valence-electron chi connectivity index (χ0n) is 39.5. The number of pyridine rings is 1. The smallest absolute Gasteiger partial charge is 0.265 e. The van der Waals surface area contributed by atoms with Crippen molar-refractivity contribution in [2.75, 3.05) is 49.5 Å². The van der Waals surface area contributed by atoms with Crippen LogP contribution in [-0.4, -0.2) is 93.7 Å². The van der Waals surface area contributed by atoms with E-state index >= 15 is 4.39 Å². The molecule has 14 nitrogen and oxygen atoms in total. The average Bonchev–Trinajstić information content (AvgIpc) is 3.69. The molecule has 2 saturated heterocycles. The number of H-pyrrole nitrogens is 1. The lowest BCUT2D eigenvalue weighted by Gasteiger charge is -2.58. The van der Waals surface area contributed by atoms with Gasteiger partial charge in [-0.05, 0) is 134 Å². The monoisotopic (exact) mass is 962 g/mol. The fourth-order valence-electron chi connectivity index (χ4n) is 11.6. The van der Waals surface area contributed by atoms with Crippen molar-refractivity contribution in [3.05, 3.63) is 100 Å². The molecule has 364 valence electrons. The molecule has 3 aromatic carbocycles. The van der Waals surface area contributed by atoms with Crippen molar-refractivity contribution in [3.8, 4) is 17.2 Å². The van der Waals surface area contributed by atoms with Crippen molar-refractivity contribution in [1.29, 1.82) is 0 Å². The Morgan fingerprint density at radius 1 is 1.00 bits per heavy atom. The molecule has 69 heavy (non-hydrogen) atoms. The Morgan fingerprint density at radius 2 is 1.77 bits per heavy atom. The number of hydrogen-bond acceptors (Lipinski definition) is 12. The topological polar surface area (TPSA) is 165 Å². The van der Waals surface area contributed by atoms with Crippen LogP contribution in [0.5, 0.6) is 17.2 Å². The Balaban J connectivity index is 0.841. The Kier molecular flexibility index (Phi) is 12.8. The van der Waals surface area contributed by atoms with E-state index in [-0.39, 0.29) is 63.1 Å². The van der Waals surface area contributed by atoms with Crippen LogP contribution in [0, 0.1) is 28.0 Å². The summed E-state index contributed by atoms with van der Waals surface area (Å²) in [5.41, 5.74) is 3.74. The van der Waals surface area contributed by atoms with Crippen molar-refractivity contribution >= 4 is 51.9 Å². The summed E-state index contributed by atoms with van der Waals surface area (Å²) in [4.78, 5) is 52.7. The standard InChI is InChI=1S/C52H60F2N8O6S/c1-30(2)36-7-5-6-8-37(36)43-28-61(31(3)63)19-20-62(43)34-25-52(26-34)15-17-60(18-16-52)33-9-10-38(44(21-33)68-46-24-39-40(53)27-55-49(39)57-48(46)54)50(64)59-69-35-22-41(58-66)47-45(23-35)67-29-42(56-47)32-11-13-51(4,65)14-12-32/h5-10,21-24,27,30,32,34,42-43,56,65H,11-20,25-26,28-29H2,1-4H3,(H,55,57)(H,59,64)/t32?,42-,43?,51?/m1/s1. The van der Waals surface area contributed by atoms with Gasteiger partial charge in [-0.15, -0.1) is 4.91 Å². The minimum Gasteiger partial charge on any atom is -0.489 e. The molecular weight excluding hydrogens is 903 g/mol. The number of nitroso groups, excluding NO2 is 1. The summed E-state index contributed by atoms with van der Waals surface area (Å²) in [7, 11) is 0. The van der Waals surface area contributed by atoms with Crippen LogP contribution >= 0.6 is 11.9 Å². The van der Waals surface area contributed by atoms with E-state index in [1.165, 1.54) is 17.2 Å². The van der Waals surface area contributed by atoms with Crippen LogP contribution in [0.1, 0.15) is 113 Å². The van der Waals surface area contributed by atoms with Crippen molar-refractivity contribution in [3.63, 3.8) is 0 Å². The minimum atomic E-state index is -0.971. The molecule has 3 aliphatic heterocycles. The Morgan fingerprint density at radius 3 is 2.51 bits per heavy atom. The molecule has 4 N–H and O–H groups in total. The number of hydrogen-bond donors (Lipinski definition) is 4. The van der Waals surface area contributed by atoms with Crippen molar-refractivity contribution in [2.45, 2.75) is 114 Å². The van der Waals surface area contributed by atoms with Gasteiger partial charge < -0.3 is 34.7 Å². The predicted octanol–water partition coefficient (Wildman–Crippen LogP) is 10.4. The Labute approximate surface area is 405 Å². The Hall–Kier alpha value is -5.78. The van der Waals surface area contributed by atoms with Gasteiger partial charge in [0.15, 0.2) is 5.75 Å². The fourth-order valence-corrected chi connectivity index (χ4v) is 12.2. The van der Waals surface area contributed by atoms with E-state index in [0.717, 1.165) is 88.5 Å². The van der Waals surface area contributed by atoms with E-state index in [9.17, 15) is 24.0 Å². The molecular formula is C52H60F2N8O6S. The molecule has 0 radical (unpaired) electrons. The Bertz CT molecular complexity index is 2760. The highest BCUT2D eigenvalue weighted by Crippen LogP contribution is 2.54. The first-order chi connectivity index (χ1) is 33.2. The van der Waals surface area contributed by atoms with Crippen LogP contribution in [0.3, 0.4) is 0 Å². The molecule has 1 unspecified atom stereocenters. The molecule has 4 fully saturated rings. The lowest BCUT2D eigenvalue weighted by atomic mass is 9.59. The molecule has 5 heterocycles. The molecule has 1 spiro atoms. The third kappa shape index (κ3) is 9.49. The second kappa shape index (κ2) is 18.9. The van der Waals surface area contributed by atoms with Crippen molar-refractivity contribution in [2.24, 2.45) is 16.5 Å². The summed E-state index contributed by atoms with van der Waals surface area (Å²) in [6.07, 6.45) is 8.26. The van der Waals surface area contributed by atoms with E-state index in [1.54, 1.807) is 31.2 Å². The second-order valence-corrected chi connectivity index (χ2v) is 21.4. The van der Waals surface area contributed by atoms with Gasteiger partial charge in [0.25, 0.3) is 11.9 Å². The van der Waals surface area contributed by atoms with Crippen LogP contribution in [0.15, 0.2) is 76.9 Å². The largest absolute Gasteiger partial charge is 0.489 e. The maximum absolute atomic E-state index is 15.5. The summed E-state index contributed by atoms with van der Waals surface area (Å²) < 4.78 is 45.3. The molecule has 2 aliphatic carbocycles. The lowest BCUT2D eigenvalue weighted by molar-refractivity contribution is -0.134. The zero-order chi connectivity index (χ0) is 48.2. The normalized spacial score (nSPS) is 23.8. The number of piperidine rings is 1. The van der Waals surface area contributed by atoms with E-state index in [0.29, 0.717) is 54.3 Å². The summed E-state index contributed by atoms with van der Waals surface area (Å²) in [6, 6.07) is 19.0. The lowest BCUT2D eigenvalue weighted by Crippen LogP contribution is -2.60. The number of carbonyl (C=O) groups excluding carboxylic acids is 2. The van der Waals surface area contributed by atoms with Crippen molar-refractivity contribution < 1.29 is 33.0 Å². The van der Waals surface area contributed by atoms with Gasteiger partial charge >= 0.3 is 0 Å². The summed E-state index contributed by atoms with van der Waals surface area (Å²) >= 11 is 0.970. The number of aliphatic hydroxyl groups is 1. The number of fused-ring (bicyclic) bond motifs is 2. The van der Waals surface area contributed by atoms with Gasteiger partial charge in [0, 0.05) is 68.5 Å². The van der Waals surface area contributed by atoms with Gasteiger partial charge in [-0.25, -0.2) is 4.39 Å². The molecule has 5 aliphatic rings. The SMILES string of the molecule is CC(=O)N1CCN(C2CC3(CCN(c4ccc(C(=O)NSc5cc(N=O)c6c(c5)OC[C@H](C5CCC(C)(O)CC5)N6)c(Oc5cc6c(F)c[nH]c6nc5F)c4)CC3)C2)C(c2ccccc2C(C)C)C1. The summed E-state index contributed by atoms with van der Waals surface area (Å²) in [5, 5.41) is 17.2. The zero-order valence-corrected chi connectivity index (χ0v) is 40.3. The number of halogens is 2. The number of nitrogens with one attached hydrogen (secondary N) is 3. The first-order valence-electron chi connectivity index (χ1n) is 24.3. The van der Waals surface area contributed by atoms with Gasteiger partial charge in [-0.3, -0.25) is 19.2 Å². The molecule has 2 amide bonds. The first kappa shape index (κ1) is 46.9. The second-order valence-electron chi connectivity index (χ2n) is 20.5. The van der Waals surface area contributed by atoms with Crippen LogP contribution in [0.4, 0.5) is 25.8 Å². The highest BCUT2D eigenvalue weighted by atomic mass is 32.2. The molecule has 2 aromatic heterocycles. The predicted molar refractivity (Wildman–Crippen MR) is 262 cm³/mol. The van der Waals surface area contributed by atoms with Crippen LogP contribution in [-0.2, 0) is 4.79 Å². The molecule has 2 saturated carbocycles. The molecule has 10 rings (SSSR count). The van der Waals surface area contributed by atoms with Crippen LogP contribution < -0.4 is 24.4 Å². The molecule has 0 bridgehead atoms. The van der Waals surface area contributed by atoms with E-state index in [1.807, 2.05) is 17.9 Å². The number of carbonyl (C=O) groups is 2. The molecule has 2 atom stereocenters. The minimum absolute atomic E-state index is 0.0299. The number of benzene rings is 3. The van der Waals surface area contributed by atoms with Crippen molar-refractivity contribution in [1.82, 2.24) is 24.5 Å². The average molecular weight is 963 g/mol. The van der Waals surface area contributed by atoms with E-state index < -0.39 is 23.3 Å². The third-order valence-corrected chi connectivity index (χ3v) is 16.4. The number of aromatic amines is 1. The first-order valence-corrected chi connectivity index (χ1v) is 25.1. The molecule has 5 aromatic rings. The fraction of sp³-hybridized carbons (Fsp3) is 0.481. The third-order valence-electron chi connectivity index (χ3n) is 15.6. The van der Waals surface area contributed by atoms with Crippen LogP contribution in [0.25, 0.3) is 11.0 Å². The van der Waals surface area contributed by atoms with Gasteiger partial charge in [0.1, 0.15) is 40.9 Å². The molecule has 17 heteroatoms. The number of amides is 2. The van der Waals surface area contributed by atoms with Gasteiger partial charge in [0.2, 0.25) is 5.91 Å². The maximum atomic E-state index is 15.5. The highest BCUT2D eigenvalue weighted by molar-refractivity contribution is 7.98. The highest BCUT2D eigenvalue weighted by Gasteiger charge is 2.50. The van der Waals surface area contributed by atoms with Gasteiger partial charge in [0.05, 0.1) is 28.6 Å². The number of aromatic nitrogens is 2. The number of rotatable bonds is 11. The van der Waals surface area contributed by atoms with Gasteiger partial charge in [-0.1, -0.05) is 38.1 Å². The summed E-state index contributed by atoms with van der Waals surface area (Å²) in [6.45, 7) is 12.2. The van der Waals surface area contributed by atoms with E-state index in [2.05, 4.69) is 73.1 Å². The number of ether oxygens (including phenoxy) is 2. The number of piperazine rings is 1.